The standard InChI is InChI=1S/C13H22O3/c1-10-4-6-11(7-5-10)16-13(12(14)15)8-2-3-9-13/h10-11H,2-9H2,1H3,(H,14,15). The van der Waals surface area contributed by atoms with Crippen LogP contribution in [0.1, 0.15) is 58.3 Å². The van der Waals surface area contributed by atoms with E-state index in [1.165, 1.54) is 12.8 Å². The molecule has 16 heavy (non-hydrogen) atoms. The molecule has 0 spiro atoms. The Balaban J connectivity index is 1.93. The first-order valence-corrected chi connectivity index (χ1v) is 6.54. The Morgan fingerprint density at radius 1 is 1.19 bits per heavy atom. The molecule has 0 radical (unpaired) electrons. The molecule has 0 aromatic heterocycles. The largest absolute Gasteiger partial charge is 0.479 e. The molecule has 2 aliphatic carbocycles. The van der Waals surface area contributed by atoms with Gasteiger partial charge in [-0.25, -0.2) is 4.79 Å². The van der Waals surface area contributed by atoms with Crippen molar-refractivity contribution in [3.05, 3.63) is 0 Å². The maximum atomic E-state index is 11.3. The molecule has 2 rings (SSSR count). The first-order valence-electron chi connectivity index (χ1n) is 6.54. The van der Waals surface area contributed by atoms with Crippen molar-refractivity contribution >= 4 is 5.97 Å². The van der Waals surface area contributed by atoms with Gasteiger partial charge in [0.15, 0.2) is 5.60 Å². The fourth-order valence-corrected chi connectivity index (χ4v) is 2.99. The smallest absolute Gasteiger partial charge is 0.335 e. The van der Waals surface area contributed by atoms with Crippen molar-refractivity contribution in [2.45, 2.75) is 70.0 Å². The molecule has 0 aromatic rings. The topological polar surface area (TPSA) is 46.5 Å². The van der Waals surface area contributed by atoms with Crippen LogP contribution < -0.4 is 0 Å². The van der Waals surface area contributed by atoms with E-state index in [1.54, 1.807) is 0 Å². The lowest BCUT2D eigenvalue weighted by molar-refractivity contribution is -0.176. The molecular weight excluding hydrogens is 204 g/mol. The van der Waals surface area contributed by atoms with Crippen LogP contribution in [0.5, 0.6) is 0 Å². The second kappa shape index (κ2) is 4.74. The third-order valence-corrected chi connectivity index (χ3v) is 4.16. The Morgan fingerprint density at radius 3 is 2.25 bits per heavy atom. The minimum atomic E-state index is -0.842. The molecule has 0 aliphatic heterocycles. The normalized spacial score (nSPS) is 33.8. The molecule has 92 valence electrons. The highest BCUT2D eigenvalue weighted by Crippen LogP contribution is 2.37. The maximum absolute atomic E-state index is 11.3. The number of hydrogen-bond acceptors (Lipinski definition) is 2. The molecule has 0 saturated heterocycles. The number of carbonyl (C=O) groups is 1. The molecular formula is C13H22O3. The molecule has 2 saturated carbocycles. The summed E-state index contributed by atoms with van der Waals surface area (Å²) < 4.78 is 5.95. The van der Waals surface area contributed by atoms with E-state index >= 15 is 0 Å². The second-order valence-electron chi connectivity index (χ2n) is 5.51. The fraction of sp³-hybridized carbons (Fsp3) is 0.923. The zero-order valence-electron chi connectivity index (χ0n) is 10.1. The molecule has 2 fully saturated rings. The summed E-state index contributed by atoms with van der Waals surface area (Å²) in [4.78, 5) is 11.3. The summed E-state index contributed by atoms with van der Waals surface area (Å²) in [7, 11) is 0. The monoisotopic (exact) mass is 226 g/mol. The van der Waals surface area contributed by atoms with E-state index in [2.05, 4.69) is 6.92 Å². The number of carboxylic acids is 1. The van der Waals surface area contributed by atoms with E-state index in [9.17, 15) is 9.90 Å². The van der Waals surface area contributed by atoms with E-state index in [0.717, 1.165) is 31.6 Å². The average molecular weight is 226 g/mol. The summed E-state index contributed by atoms with van der Waals surface area (Å²) >= 11 is 0. The van der Waals surface area contributed by atoms with Crippen molar-refractivity contribution in [1.82, 2.24) is 0 Å². The van der Waals surface area contributed by atoms with Crippen molar-refractivity contribution in [2.24, 2.45) is 5.92 Å². The van der Waals surface area contributed by atoms with Crippen LogP contribution in [0.4, 0.5) is 0 Å². The lowest BCUT2D eigenvalue weighted by atomic mass is 9.88. The summed E-state index contributed by atoms with van der Waals surface area (Å²) in [5, 5.41) is 9.32. The Hall–Kier alpha value is -0.570. The molecule has 0 heterocycles. The third-order valence-electron chi connectivity index (χ3n) is 4.16. The van der Waals surface area contributed by atoms with E-state index in [1.807, 2.05) is 0 Å². The van der Waals surface area contributed by atoms with Gasteiger partial charge < -0.3 is 9.84 Å². The van der Waals surface area contributed by atoms with Crippen molar-refractivity contribution in [3.8, 4) is 0 Å². The van der Waals surface area contributed by atoms with Crippen LogP contribution in [0.15, 0.2) is 0 Å². The maximum Gasteiger partial charge on any atom is 0.335 e. The van der Waals surface area contributed by atoms with Crippen LogP contribution in [0.2, 0.25) is 0 Å². The summed E-state index contributed by atoms with van der Waals surface area (Å²) in [5.41, 5.74) is -0.842. The van der Waals surface area contributed by atoms with Crippen LogP contribution >= 0.6 is 0 Å². The van der Waals surface area contributed by atoms with Gasteiger partial charge in [-0.1, -0.05) is 6.92 Å². The summed E-state index contributed by atoms with van der Waals surface area (Å²) in [6.45, 7) is 2.26. The van der Waals surface area contributed by atoms with Crippen LogP contribution in [-0.2, 0) is 9.53 Å². The summed E-state index contributed by atoms with van der Waals surface area (Å²) in [6, 6.07) is 0. The summed E-state index contributed by atoms with van der Waals surface area (Å²) in [5.74, 6) is 0.0350. The number of ether oxygens (including phenoxy) is 1. The molecule has 0 atom stereocenters. The number of hydrogen-bond donors (Lipinski definition) is 1. The Morgan fingerprint density at radius 2 is 1.75 bits per heavy atom. The SMILES string of the molecule is CC1CCC(OC2(C(=O)O)CCCC2)CC1. The molecule has 0 amide bonds. The van der Waals surface area contributed by atoms with Crippen molar-refractivity contribution in [3.63, 3.8) is 0 Å². The lowest BCUT2D eigenvalue weighted by Crippen LogP contribution is -2.42. The van der Waals surface area contributed by atoms with Gasteiger partial charge in [0.1, 0.15) is 0 Å². The fourth-order valence-electron chi connectivity index (χ4n) is 2.99. The van der Waals surface area contributed by atoms with Crippen LogP contribution in [0, 0.1) is 5.92 Å². The first-order chi connectivity index (χ1) is 7.62. The van der Waals surface area contributed by atoms with Crippen molar-refractivity contribution in [1.29, 1.82) is 0 Å². The molecule has 3 heteroatoms. The van der Waals surface area contributed by atoms with E-state index < -0.39 is 11.6 Å². The summed E-state index contributed by atoms with van der Waals surface area (Å²) in [6.07, 6.45) is 8.02. The second-order valence-corrected chi connectivity index (χ2v) is 5.51. The average Bonchev–Trinajstić information content (AvgIpc) is 2.71. The van der Waals surface area contributed by atoms with E-state index in [4.69, 9.17) is 4.74 Å². The predicted octanol–water partition coefficient (Wildman–Crippen LogP) is 2.98. The van der Waals surface area contributed by atoms with Crippen molar-refractivity contribution in [2.75, 3.05) is 0 Å². The van der Waals surface area contributed by atoms with Crippen LogP contribution in [0.3, 0.4) is 0 Å². The zero-order valence-corrected chi connectivity index (χ0v) is 10.1. The Kier molecular flexibility index (Phi) is 3.53. The van der Waals surface area contributed by atoms with Gasteiger partial charge in [0.05, 0.1) is 6.10 Å². The number of aliphatic carboxylic acids is 1. The predicted molar refractivity (Wildman–Crippen MR) is 61.3 cm³/mol. The van der Waals surface area contributed by atoms with Gasteiger partial charge in [0, 0.05) is 0 Å². The van der Waals surface area contributed by atoms with Crippen LogP contribution in [-0.4, -0.2) is 22.8 Å². The minimum Gasteiger partial charge on any atom is -0.479 e. The van der Waals surface area contributed by atoms with Gasteiger partial charge in [-0.15, -0.1) is 0 Å². The van der Waals surface area contributed by atoms with E-state index in [-0.39, 0.29) is 6.10 Å². The molecule has 0 unspecified atom stereocenters. The minimum absolute atomic E-state index is 0.186. The third kappa shape index (κ3) is 2.40. The zero-order chi connectivity index (χ0) is 11.6. The number of rotatable bonds is 3. The van der Waals surface area contributed by atoms with Gasteiger partial charge in [0.2, 0.25) is 0 Å². The van der Waals surface area contributed by atoms with Crippen LogP contribution in [0.25, 0.3) is 0 Å². The quantitative estimate of drug-likeness (QED) is 0.804. The molecule has 0 aromatic carbocycles. The molecule has 0 bridgehead atoms. The van der Waals surface area contributed by atoms with Crippen molar-refractivity contribution < 1.29 is 14.6 Å². The van der Waals surface area contributed by atoms with Gasteiger partial charge >= 0.3 is 5.97 Å². The lowest BCUT2D eigenvalue weighted by Gasteiger charge is -2.33. The number of carboxylic acid groups (broad SMARTS) is 1. The highest BCUT2D eigenvalue weighted by atomic mass is 16.5. The molecule has 1 N–H and O–H groups in total. The molecule has 2 aliphatic rings. The van der Waals surface area contributed by atoms with E-state index in [0.29, 0.717) is 12.8 Å². The van der Waals surface area contributed by atoms with Gasteiger partial charge in [-0.2, -0.15) is 0 Å². The first kappa shape index (κ1) is 11.9. The highest BCUT2D eigenvalue weighted by Gasteiger charge is 2.44. The van der Waals surface area contributed by atoms with Gasteiger partial charge in [0.25, 0.3) is 0 Å². The van der Waals surface area contributed by atoms with Gasteiger partial charge in [-0.05, 0) is 57.3 Å². The Bertz CT molecular complexity index is 248. The van der Waals surface area contributed by atoms with Gasteiger partial charge in [-0.3, -0.25) is 0 Å². The Labute approximate surface area is 97.2 Å². The highest BCUT2D eigenvalue weighted by molar-refractivity contribution is 5.77. The molecule has 3 nitrogen and oxygen atoms in total.